The molecule has 0 fully saturated rings. The summed E-state index contributed by atoms with van der Waals surface area (Å²) in [5.41, 5.74) is 13.5. The van der Waals surface area contributed by atoms with Gasteiger partial charge in [0.25, 0.3) is 0 Å². The molecule has 6 nitrogen and oxygen atoms in total. The smallest absolute Gasteiger partial charge is 0.162 e. The minimum Gasteiger partial charge on any atom is -0.456 e. The van der Waals surface area contributed by atoms with Crippen LogP contribution in [-0.2, 0) is 0 Å². The Hall–Kier alpha value is -8.74. The van der Waals surface area contributed by atoms with E-state index in [1.807, 2.05) is 30.3 Å². The Balaban J connectivity index is 1.06. The van der Waals surface area contributed by atoms with Crippen molar-refractivity contribution in [2.75, 3.05) is 0 Å². The molecule has 0 aliphatic carbocycles. The summed E-state index contributed by atoms with van der Waals surface area (Å²) in [6, 6.07) is 75.5. The maximum absolute atomic E-state index is 6.24. The molecule has 0 unspecified atom stereocenters. The molecule has 0 atom stereocenters. The van der Waals surface area contributed by atoms with E-state index >= 15 is 0 Å². The Kier molecular flexibility index (Phi) is 7.30. The van der Waals surface area contributed by atoms with Crippen LogP contribution >= 0.6 is 0 Å². The Bertz CT molecular complexity index is 3930. The molecule has 0 radical (unpaired) electrons. The van der Waals surface area contributed by atoms with Crippen molar-refractivity contribution in [2.24, 2.45) is 0 Å². The Morgan fingerprint density at radius 1 is 0.297 bits per heavy atom. The lowest BCUT2D eigenvalue weighted by Gasteiger charge is -2.13. The first-order chi connectivity index (χ1) is 31.7. The Labute approximate surface area is 366 Å². The highest BCUT2D eigenvalue weighted by atomic mass is 16.3. The van der Waals surface area contributed by atoms with Crippen LogP contribution in [0.25, 0.3) is 127 Å². The SMILES string of the molecule is c1ccc(-c2nc(-c3ccc4oc5ccccc5c4c3)cc(-n3c4ccc(-n5c6ccccc6c6ccccc65)cc4c4cc(-n5c6ccccc6c6ccccc65)ccc43)n2)cc1. The number of hydrogen-bond acceptors (Lipinski definition) is 3. The van der Waals surface area contributed by atoms with Crippen LogP contribution in [-0.4, -0.2) is 23.7 Å². The largest absolute Gasteiger partial charge is 0.456 e. The van der Waals surface area contributed by atoms with E-state index in [9.17, 15) is 0 Å². The summed E-state index contributed by atoms with van der Waals surface area (Å²) in [4.78, 5) is 10.7. The topological polar surface area (TPSA) is 53.7 Å². The predicted molar refractivity (Wildman–Crippen MR) is 263 cm³/mol. The molecule has 0 aliphatic rings. The predicted octanol–water partition coefficient (Wildman–Crippen LogP) is 15.0. The molecule has 0 bridgehead atoms. The van der Waals surface area contributed by atoms with Crippen molar-refractivity contribution in [1.82, 2.24) is 23.7 Å². The summed E-state index contributed by atoms with van der Waals surface area (Å²) in [5.74, 6) is 1.44. The fourth-order valence-electron chi connectivity index (χ4n) is 10.2. The fourth-order valence-corrected chi connectivity index (χ4v) is 10.2. The number of nitrogens with zero attached hydrogens (tertiary/aromatic N) is 5. The lowest BCUT2D eigenvalue weighted by molar-refractivity contribution is 0.669. The minimum absolute atomic E-state index is 0.657. The molecule has 64 heavy (non-hydrogen) atoms. The number of aromatic nitrogens is 5. The molecule has 5 aromatic heterocycles. The van der Waals surface area contributed by atoms with Gasteiger partial charge in [0.15, 0.2) is 5.82 Å². The van der Waals surface area contributed by atoms with E-state index in [1.54, 1.807) is 0 Å². The monoisotopic (exact) mass is 817 g/mol. The van der Waals surface area contributed by atoms with E-state index in [4.69, 9.17) is 14.4 Å². The fraction of sp³-hybridized carbons (Fsp3) is 0. The van der Waals surface area contributed by atoms with Gasteiger partial charge in [-0.25, -0.2) is 9.97 Å². The van der Waals surface area contributed by atoms with Crippen molar-refractivity contribution in [3.63, 3.8) is 0 Å². The second-order valence-corrected chi connectivity index (χ2v) is 16.6. The zero-order valence-corrected chi connectivity index (χ0v) is 34.4. The summed E-state index contributed by atoms with van der Waals surface area (Å²) >= 11 is 0. The summed E-state index contributed by atoms with van der Waals surface area (Å²) in [5, 5.41) is 9.33. The highest BCUT2D eigenvalue weighted by molar-refractivity contribution is 6.14. The lowest BCUT2D eigenvalue weighted by Crippen LogP contribution is -2.03. The molecular formula is C58H35N5O. The van der Waals surface area contributed by atoms with Gasteiger partial charge in [-0.1, -0.05) is 121 Å². The Morgan fingerprint density at radius 3 is 1.33 bits per heavy atom. The summed E-state index contributed by atoms with van der Waals surface area (Å²) in [6.07, 6.45) is 0. The van der Waals surface area contributed by atoms with Crippen LogP contribution in [0.3, 0.4) is 0 Å². The average molecular weight is 818 g/mol. The molecule has 5 heterocycles. The summed E-state index contributed by atoms with van der Waals surface area (Å²) < 4.78 is 13.4. The first-order valence-corrected chi connectivity index (χ1v) is 21.7. The number of para-hydroxylation sites is 5. The number of benzene rings is 9. The minimum atomic E-state index is 0.657. The zero-order chi connectivity index (χ0) is 41.9. The maximum Gasteiger partial charge on any atom is 0.162 e. The quantitative estimate of drug-likeness (QED) is 0.174. The Morgan fingerprint density at radius 2 is 0.766 bits per heavy atom. The van der Waals surface area contributed by atoms with E-state index in [1.165, 1.54) is 43.6 Å². The van der Waals surface area contributed by atoms with Gasteiger partial charge in [-0.05, 0) is 84.9 Å². The standard InChI is InChI=1S/C58H35N5O/c1-2-14-36(15-3-1)58-59-48(37-26-31-56-47(32-37)44-20-8-13-25-55(44)64-56)35-57(60-58)63-53-29-27-38(61-49-21-9-4-16-40(49)41-17-5-10-22-50(41)61)33-45(53)46-34-39(28-30-54(46)63)62-51-23-11-6-18-42(51)43-19-7-12-24-52(43)62/h1-35H. The third kappa shape index (κ3) is 5.08. The molecule has 0 saturated heterocycles. The molecule has 0 aliphatic heterocycles. The van der Waals surface area contributed by atoms with Gasteiger partial charge in [0, 0.05) is 71.7 Å². The van der Waals surface area contributed by atoms with Crippen LogP contribution in [0.2, 0.25) is 0 Å². The van der Waals surface area contributed by atoms with Crippen molar-refractivity contribution < 1.29 is 4.42 Å². The second kappa shape index (κ2) is 13.4. The first kappa shape index (κ1) is 34.9. The van der Waals surface area contributed by atoms with Crippen molar-refractivity contribution in [1.29, 1.82) is 0 Å². The third-order valence-corrected chi connectivity index (χ3v) is 13.1. The van der Waals surface area contributed by atoms with Crippen LogP contribution in [0, 0.1) is 0 Å². The van der Waals surface area contributed by atoms with Crippen molar-refractivity contribution >= 4 is 87.4 Å². The van der Waals surface area contributed by atoms with Crippen LogP contribution in [0.1, 0.15) is 0 Å². The number of hydrogen-bond donors (Lipinski definition) is 0. The van der Waals surface area contributed by atoms with Gasteiger partial charge in [-0.3, -0.25) is 4.57 Å². The lowest BCUT2D eigenvalue weighted by atomic mass is 10.1. The number of fused-ring (bicyclic) bond motifs is 12. The summed E-state index contributed by atoms with van der Waals surface area (Å²) in [6.45, 7) is 0. The van der Waals surface area contributed by atoms with Crippen molar-refractivity contribution in [3.8, 4) is 39.8 Å². The first-order valence-electron chi connectivity index (χ1n) is 21.7. The van der Waals surface area contributed by atoms with Gasteiger partial charge in [0.2, 0.25) is 0 Å². The van der Waals surface area contributed by atoms with Crippen LogP contribution in [0.4, 0.5) is 0 Å². The van der Waals surface area contributed by atoms with Crippen molar-refractivity contribution in [2.45, 2.75) is 0 Å². The third-order valence-electron chi connectivity index (χ3n) is 13.1. The molecule has 0 N–H and O–H groups in total. The van der Waals surface area contributed by atoms with E-state index < -0.39 is 0 Å². The molecule has 9 aromatic carbocycles. The van der Waals surface area contributed by atoms with Crippen LogP contribution in [0.15, 0.2) is 217 Å². The summed E-state index contributed by atoms with van der Waals surface area (Å²) in [7, 11) is 0. The van der Waals surface area contributed by atoms with Crippen LogP contribution in [0.5, 0.6) is 0 Å². The van der Waals surface area contributed by atoms with Gasteiger partial charge >= 0.3 is 0 Å². The van der Waals surface area contributed by atoms with E-state index in [2.05, 4.69) is 196 Å². The van der Waals surface area contributed by atoms with E-state index in [0.29, 0.717) is 5.82 Å². The molecular weight excluding hydrogens is 783 g/mol. The second-order valence-electron chi connectivity index (χ2n) is 16.6. The number of rotatable bonds is 5. The van der Waals surface area contributed by atoms with Gasteiger partial charge in [-0.2, -0.15) is 0 Å². The van der Waals surface area contributed by atoms with E-state index in [-0.39, 0.29) is 0 Å². The highest BCUT2D eigenvalue weighted by Gasteiger charge is 2.21. The van der Waals surface area contributed by atoms with Gasteiger partial charge in [0.05, 0.1) is 38.8 Å². The molecule has 0 saturated carbocycles. The normalized spacial score (nSPS) is 12.1. The maximum atomic E-state index is 6.24. The van der Waals surface area contributed by atoms with Crippen LogP contribution < -0.4 is 0 Å². The molecule has 0 spiro atoms. The molecule has 0 amide bonds. The number of furan rings is 1. The zero-order valence-electron chi connectivity index (χ0n) is 34.4. The molecule has 14 rings (SSSR count). The van der Waals surface area contributed by atoms with Gasteiger partial charge in [0.1, 0.15) is 17.0 Å². The average Bonchev–Trinajstić information content (AvgIpc) is 4.10. The van der Waals surface area contributed by atoms with E-state index in [0.717, 1.165) is 77.8 Å². The molecule has 298 valence electrons. The highest BCUT2D eigenvalue weighted by Crippen LogP contribution is 2.40. The molecule has 6 heteroatoms. The van der Waals surface area contributed by atoms with Crippen molar-refractivity contribution in [3.05, 3.63) is 212 Å². The van der Waals surface area contributed by atoms with Gasteiger partial charge < -0.3 is 13.6 Å². The van der Waals surface area contributed by atoms with Gasteiger partial charge in [-0.15, -0.1) is 0 Å². The molecule has 14 aromatic rings.